The van der Waals surface area contributed by atoms with Gasteiger partial charge < -0.3 is 10.4 Å². The highest BCUT2D eigenvalue weighted by Gasteiger charge is 2.33. The fourth-order valence-corrected chi connectivity index (χ4v) is 2.93. The maximum Gasteiger partial charge on any atom is 0.417 e. The van der Waals surface area contributed by atoms with Crippen LogP contribution in [-0.4, -0.2) is 17.1 Å². The fourth-order valence-electron chi connectivity index (χ4n) is 2.71. The molecule has 122 valence electrons. The van der Waals surface area contributed by atoms with E-state index in [1.807, 2.05) is 0 Å². The standard InChI is InChI=1S/C15H17ClF3NO2/c16-13-6-1-9(7-12(13)15(17,18)19)8-20-11-4-2-10(3-5-11)14(21)22/h1,6-7,10-11,20H,2-5,8H2,(H,21,22). The van der Waals surface area contributed by atoms with Gasteiger partial charge in [0, 0.05) is 12.6 Å². The summed E-state index contributed by atoms with van der Waals surface area (Å²) in [7, 11) is 0. The molecule has 0 atom stereocenters. The normalized spacial score (nSPS) is 22.5. The molecule has 2 rings (SSSR count). The molecule has 0 amide bonds. The van der Waals surface area contributed by atoms with Crippen molar-refractivity contribution < 1.29 is 23.1 Å². The summed E-state index contributed by atoms with van der Waals surface area (Å²) in [6.45, 7) is 0.308. The lowest BCUT2D eigenvalue weighted by atomic mass is 9.86. The summed E-state index contributed by atoms with van der Waals surface area (Å²) in [4.78, 5) is 10.9. The van der Waals surface area contributed by atoms with Crippen LogP contribution in [0.15, 0.2) is 18.2 Å². The van der Waals surface area contributed by atoms with Crippen LogP contribution in [0, 0.1) is 5.92 Å². The molecule has 0 unspecified atom stereocenters. The van der Waals surface area contributed by atoms with Crippen LogP contribution in [0.3, 0.4) is 0 Å². The van der Waals surface area contributed by atoms with E-state index >= 15 is 0 Å². The van der Waals surface area contributed by atoms with Crippen LogP contribution in [0.25, 0.3) is 0 Å². The van der Waals surface area contributed by atoms with E-state index in [9.17, 15) is 18.0 Å². The summed E-state index contributed by atoms with van der Waals surface area (Å²) in [5, 5.41) is 11.8. The van der Waals surface area contributed by atoms with Crippen molar-refractivity contribution in [2.45, 2.75) is 44.4 Å². The van der Waals surface area contributed by atoms with Crippen molar-refractivity contribution in [2.75, 3.05) is 0 Å². The molecule has 1 aliphatic carbocycles. The molecule has 0 saturated heterocycles. The maximum absolute atomic E-state index is 12.8. The Morgan fingerprint density at radius 1 is 1.27 bits per heavy atom. The van der Waals surface area contributed by atoms with Gasteiger partial charge >= 0.3 is 12.1 Å². The van der Waals surface area contributed by atoms with Crippen molar-refractivity contribution >= 4 is 17.6 Å². The molecule has 1 aromatic carbocycles. The Hall–Kier alpha value is -1.27. The summed E-state index contributed by atoms with van der Waals surface area (Å²) in [6.07, 6.45) is -1.83. The van der Waals surface area contributed by atoms with Crippen molar-refractivity contribution in [3.63, 3.8) is 0 Å². The van der Waals surface area contributed by atoms with Gasteiger partial charge in [-0.05, 0) is 43.4 Å². The number of hydrogen-bond donors (Lipinski definition) is 2. The van der Waals surface area contributed by atoms with Gasteiger partial charge in [0.05, 0.1) is 16.5 Å². The lowest BCUT2D eigenvalue weighted by Gasteiger charge is -2.27. The van der Waals surface area contributed by atoms with Gasteiger partial charge in [-0.25, -0.2) is 0 Å². The summed E-state index contributed by atoms with van der Waals surface area (Å²) < 4.78 is 38.3. The minimum Gasteiger partial charge on any atom is -0.481 e. The van der Waals surface area contributed by atoms with Crippen LogP contribution < -0.4 is 5.32 Å². The average Bonchev–Trinajstić information content (AvgIpc) is 2.45. The maximum atomic E-state index is 12.8. The lowest BCUT2D eigenvalue weighted by molar-refractivity contribution is -0.143. The largest absolute Gasteiger partial charge is 0.481 e. The first-order valence-electron chi connectivity index (χ1n) is 7.09. The first-order chi connectivity index (χ1) is 10.3. The summed E-state index contributed by atoms with van der Waals surface area (Å²) in [6, 6.07) is 4.01. The Morgan fingerprint density at radius 3 is 2.45 bits per heavy atom. The molecule has 2 N–H and O–H groups in total. The predicted molar refractivity (Wildman–Crippen MR) is 76.7 cm³/mol. The van der Waals surface area contributed by atoms with E-state index in [1.54, 1.807) is 6.07 Å². The Bertz CT molecular complexity index is 540. The molecule has 0 heterocycles. The minimum absolute atomic E-state index is 0.139. The minimum atomic E-state index is -4.47. The molecule has 3 nitrogen and oxygen atoms in total. The second-order valence-electron chi connectivity index (χ2n) is 5.58. The molecule has 1 aromatic rings. The molecule has 22 heavy (non-hydrogen) atoms. The van der Waals surface area contributed by atoms with E-state index in [-0.39, 0.29) is 17.0 Å². The Labute approximate surface area is 131 Å². The van der Waals surface area contributed by atoms with Crippen LogP contribution in [0.5, 0.6) is 0 Å². The Kier molecular flexibility index (Phi) is 5.34. The number of carbonyl (C=O) groups is 1. The molecule has 0 radical (unpaired) electrons. The summed E-state index contributed by atoms with van der Waals surface area (Å²) in [5.41, 5.74) is -0.319. The average molecular weight is 336 g/mol. The van der Waals surface area contributed by atoms with Gasteiger partial charge in [0.25, 0.3) is 0 Å². The lowest BCUT2D eigenvalue weighted by Crippen LogP contribution is -2.34. The number of carboxylic acids is 1. The fraction of sp³-hybridized carbons (Fsp3) is 0.533. The van der Waals surface area contributed by atoms with E-state index < -0.39 is 17.7 Å². The Balaban J connectivity index is 1.92. The third-order valence-corrected chi connectivity index (χ3v) is 4.34. The van der Waals surface area contributed by atoms with Crippen LogP contribution in [-0.2, 0) is 17.5 Å². The van der Waals surface area contributed by atoms with Gasteiger partial charge in [0.1, 0.15) is 0 Å². The second kappa shape index (κ2) is 6.87. The van der Waals surface area contributed by atoms with Crippen molar-refractivity contribution in [1.29, 1.82) is 0 Å². The van der Waals surface area contributed by atoms with Gasteiger partial charge in [0.15, 0.2) is 0 Å². The zero-order chi connectivity index (χ0) is 16.3. The van der Waals surface area contributed by atoms with Crippen LogP contribution in [0.2, 0.25) is 5.02 Å². The second-order valence-corrected chi connectivity index (χ2v) is 5.99. The van der Waals surface area contributed by atoms with E-state index in [0.29, 0.717) is 24.9 Å². The van der Waals surface area contributed by atoms with E-state index in [0.717, 1.165) is 18.9 Å². The number of rotatable bonds is 4. The molecule has 0 aliphatic heterocycles. The van der Waals surface area contributed by atoms with E-state index in [2.05, 4.69) is 5.32 Å². The molecule has 7 heteroatoms. The molecular formula is C15H17ClF3NO2. The van der Waals surface area contributed by atoms with Gasteiger partial charge in [-0.1, -0.05) is 17.7 Å². The predicted octanol–water partition coefficient (Wildman–Crippen LogP) is 4.09. The molecule has 0 spiro atoms. The number of hydrogen-bond acceptors (Lipinski definition) is 2. The molecule has 1 fully saturated rings. The molecule has 1 aliphatic rings. The highest BCUT2D eigenvalue weighted by atomic mass is 35.5. The first kappa shape index (κ1) is 17.1. The number of carboxylic acid groups (broad SMARTS) is 1. The zero-order valence-electron chi connectivity index (χ0n) is 11.8. The molecule has 0 aromatic heterocycles. The number of aliphatic carboxylic acids is 1. The summed E-state index contributed by atoms with van der Waals surface area (Å²) >= 11 is 5.58. The van der Waals surface area contributed by atoms with Gasteiger partial charge in [-0.2, -0.15) is 13.2 Å². The SMILES string of the molecule is O=C(O)C1CCC(NCc2ccc(Cl)c(C(F)(F)F)c2)CC1. The van der Waals surface area contributed by atoms with E-state index in [4.69, 9.17) is 16.7 Å². The van der Waals surface area contributed by atoms with Crippen LogP contribution in [0.1, 0.15) is 36.8 Å². The zero-order valence-corrected chi connectivity index (χ0v) is 12.5. The number of alkyl halides is 3. The molecule has 0 bridgehead atoms. The smallest absolute Gasteiger partial charge is 0.417 e. The van der Waals surface area contributed by atoms with Crippen molar-refractivity contribution in [3.05, 3.63) is 34.3 Å². The third-order valence-electron chi connectivity index (χ3n) is 4.01. The quantitative estimate of drug-likeness (QED) is 0.871. The summed E-state index contributed by atoms with van der Waals surface area (Å²) in [5.74, 6) is -1.07. The topological polar surface area (TPSA) is 49.3 Å². The number of halogens is 4. The molecule has 1 saturated carbocycles. The highest BCUT2D eigenvalue weighted by Crippen LogP contribution is 2.35. The van der Waals surface area contributed by atoms with Crippen molar-refractivity contribution in [2.24, 2.45) is 5.92 Å². The third kappa shape index (κ3) is 4.36. The van der Waals surface area contributed by atoms with Crippen LogP contribution in [0.4, 0.5) is 13.2 Å². The monoisotopic (exact) mass is 335 g/mol. The Morgan fingerprint density at radius 2 is 1.91 bits per heavy atom. The van der Waals surface area contributed by atoms with Gasteiger partial charge in [-0.3, -0.25) is 4.79 Å². The highest BCUT2D eigenvalue weighted by molar-refractivity contribution is 6.31. The van der Waals surface area contributed by atoms with Gasteiger partial charge in [0.2, 0.25) is 0 Å². The van der Waals surface area contributed by atoms with E-state index in [1.165, 1.54) is 6.07 Å². The van der Waals surface area contributed by atoms with Gasteiger partial charge in [-0.15, -0.1) is 0 Å². The molecular weight excluding hydrogens is 319 g/mol. The number of benzene rings is 1. The van der Waals surface area contributed by atoms with Crippen molar-refractivity contribution in [3.8, 4) is 0 Å². The number of nitrogens with one attached hydrogen (secondary N) is 1. The van der Waals surface area contributed by atoms with Crippen molar-refractivity contribution in [1.82, 2.24) is 5.32 Å². The first-order valence-corrected chi connectivity index (χ1v) is 7.47. The van der Waals surface area contributed by atoms with Crippen LogP contribution >= 0.6 is 11.6 Å².